The Bertz CT molecular complexity index is 450. The number of hydrogen-bond acceptors (Lipinski definition) is 6. The molecule has 1 heterocycles. The van der Waals surface area contributed by atoms with E-state index in [9.17, 15) is 14.4 Å². The average molecular weight is 301 g/mol. The van der Waals surface area contributed by atoms with E-state index in [0.29, 0.717) is 6.61 Å². The molecule has 0 saturated heterocycles. The van der Waals surface area contributed by atoms with Crippen molar-refractivity contribution in [2.75, 3.05) is 13.2 Å². The maximum atomic E-state index is 11.8. The van der Waals surface area contributed by atoms with Gasteiger partial charge in [-0.3, -0.25) is 9.59 Å². The molecule has 1 aliphatic rings. The number of amides is 1. The van der Waals surface area contributed by atoms with Gasteiger partial charge in [-0.25, -0.2) is 4.79 Å². The Kier molecular flexibility index (Phi) is 5.57. The molecule has 118 valence electrons. The second kappa shape index (κ2) is 6.96. The van der Waals surface area contributed by atoms with Crippen LogP contribution in [0.25, 0.3) is 0 Å². The molecule has 0 aromatic rings. The molecule has 0 spiro atoms. The van der Waals surface area contributed by atoms with Crippen LogP contribution in [0.2, 0.25) is 0 Å². The molecule has 0 unspecified atom stereocenters. The smallest absolute Gasteiger partial charge is 0.326 e. The molecular weight excluding hydrogens is 282 g/mol. The summed E-state index contributed by atoms with van der Waals surface area (Å²) in [7, 11) is 0. The summed E-state index contributed by atoms with van der Waals surface area (Å²) in [6, 6.07) is -1.40. The van der Waals surface area contributed by atoms with E-state index in [4.69, 9.17) is 19.3 Å². The van der Waals surface area contributed by atoms with Crippen LogP contribution in [0.5, 0.6) is 0 Å². The van der Waals surface area contributed by atoms with E-state index in [1.54, 1.807) is 20.8 Å². The number of carbonyl (C=O) groups is 3. The largest absolute Gasteiger partial charge is 0.494 e. The molecule has 0 aromatic heterocycles. The summed E-state index contributed by atoms with van der Waals surface area (Å²) in [4.78, 5) is 34.5. The minimum absolute atomic E-state index is 0.128. The highest BCUT2D eigenvalue weighted by atomic mass is 16.6. The summed E-state index contributed by atoms with van der Waals surface area (Å²) in [5, 5.41) is 11.2. The van der Waals surface area contributed by atoms with E-state index < -0.39 is 35.9 Å². The van der Waals surface area contributed by atoms with Crippen molar-refractivity contribution in [1.82, 2.24) is 5.32 Å². The van der Waals surface area contributed by atoms with Crippen molar-refractivity contribution in [3.63, 3.8) is 0 Å². The van der Waals surface area contributed by atoms with Gasteiger partial charge in [-0.2, -0.15) is 0 Å². The minimum Gasteiger partial charge on any atom is -0.494 e. The maximum Gasteiger partial charge on any atom is 0.326 e. The van der Waals surface area contributed by atoms with Crippen LogP contribution in [0.1, 0.15) is 27.2 Å². The number of hydrogen-bond donors (Lipinski definition) is 2. The average Bonchev–Trinajstić information content (AvgIpc) is 2.36. The van der Waals surface area contributed by atoms with Gasteiger partial charge in [-0.15, -0.1) is 0 Å². The van der Waals surface area contributed by atoms with Crippen LogP contribution in [-0.4, -0.2) is 47.8 Å². The highest BCUT2D eigenvalue weighted by Crippen LogP contribution is 2.10. The predicted octanol–water partition coefficient (Wildman–Crippen LogP) is 0.176. The number of esters is 1. The topological polar surface area (TPSA) is 111 Å². The van der Waals surface area contributed by atoms with E-state index in [1.807, 2.05) is 0 Å². The predicted molar refractivity (Wildman–Crippen MR) is 70.0 cm³/mol. The molecule has 8 heteroatoms. The Morgan fingerprint density at radius 3 is 2.52 bits per heavy atom. The third kappa shape index (κ3) is 6.15. The molecule has 21 heavy (non-hydrogen) atoms. The Labute approximate surface area is 122 Å². The maximum absolute atomic E-state index is 11.8. The standard InChI is InChI=1S/C13H19NO7/c1-13(2,3)21-10(15)6-8(12(17)18)14-11(16)9-7-19-4-5-20-9/h7-8H,4-6H2,1-3H3,(H,14,16)(H,17,18)/t8-/m0/s1. The number of ether oxygens (including phenoxy) is 3. The molecule has 0 aliphatic carbocycles. The van der Waals surface area contributed by atoms with Crippen molar-refractivity contribution in [3.8, 4) is 0 Å². The third-order valence-electron chi connectivity index (χ3n) is 2.27. The molecule has 0 fully saturated rings. The normalized spacial score (nSPS) is 15.9. The van der Waals surface area contributed by atoms with Gasteiger partial charge in [0.2, 0.25) is 5.76 Å². The first-order chi connectivity index (χ1) is 9.69. The molecular formula is C13H19NO7. The number of carboxylic acids is 1. The molecule has 0 radical (unpaired) electrons. The first-order valence-electron chi connectivity index (χ1n) is 6.39. The quantitative estimate of drug-likeness (QED) is 0.696. The Morgan fingerprint density at radius 1 is 1.38 bits per heavy atom. The van der Waals surface area contributed by atoms with E-state index >= 15 is 0 Å². The van der Waals surface area contributed by atoms with E-state index in [-0.39, 0.29) is 12.4 Å². The van der Waals surface area contributed by atoms with Gasteiger partial charge in [-0.05, 0) is 20.8 Å². The van der Waals surface area contributed by atoms with Crippen molar-refractivity contribution in [2.45, 2.75) is 38.8 Å². The van der Waals surface area contributed by atoms with Crippen LogP contribution in [0.15, 0.2) is 12.0 Å². The summed E-state index contributed by atoms with van der Waals surface area (Å²) in [6.45, 7) is 5.51. The zero-order valence-electron chi connectivity index (χ0n) is 12.2. The van der Waals surface area contributed by atoms with Gasteiger partial charge >= 0.3 is 11.9 Å². The van der Waals surface area contributed by atoms with Crippen molar-refractivity contribution < 1.29 is 33.7 Å². The fourth-order valence-electron chi connectivity index (χ4n) is 1.47. The highest BCUT2D eigenvalue weighted by molar-refractivity contribution is 5.95. The lowest BCUT2D eigenvalue weighted by molar-refractivity contribution is -0.158. The highest BCUT2D eigenvalue weighted by Gasteiger charge is 2.28. The van der Waals surface area contributed by atoms with Gasteiger partial charge in [0.15, 0.2) is 0 Å². The van der Waals surface area contributed by atoms with E-state index in [1.165, 1.54) is 0 Å². The lowest BCUT2D eigenvalue weighted by Crippen LogP contribution is -2.44. The van der Waals surface area contributed by atoms with Gasteiger partial charge in [0.1, 0.15) is 31.1 Å². The summed E-state index contributed by atoms with van der Waals surface area (Å²) in [5.41, 5.74) is -0.729. The van der Waals surface area contributed by atoms with Gasteiger partial charge in [-0.1, -0.05) is 0 Å². The van der Waals surface area contributed by atoms with Gasteiger partial charge in [0.25, 0.3) is 5.91 Å². The lowest BCUT2D eigenvalue weighted by Gasteiger charge is -2.22. The van der Waals surface area contributed by atoms with Crippen LogP contribution < -0.4 is 5.32 Å². The van der Waals surface area contributed by atoms with Gasteiger partial charge in [0, 0.05) is 0 Å². The number of nitrogens with one attached hydrogen (secondary N) is 1. The summed E-state index contributed by atoms with van der Waals surface area (Å²) in [5.74, 6) is -2.95. The first kappa shape index (κ1) is 16.8. The summed E-state index contributed by atoms with van der Waals surface area (Å²) in [6.07, 6.45) is 0.623. The number of carbonyl (C=O) groups excluding carboxylic acids is 2. The SMILES string of the molecule is CC(C)(C)OC(=O)C[C@H](NC(=O)C1=COCCO1)C(=O)O. The Morgan fingerprint density at radius 2 is 2.05 bits per heavy atom. The van der Waals surface area contributed by atoms with Crippen LogP contribution in [-0.2, 0) is 28.6 Å². The molecule has 1 atom stereocenters. The molecule has 1 rings (SSSR count). The van der Waals surface area contributed by atoms with Crippen molar-refractivity contribution in [3.05, 3.63) is 12.0 Å². The van der Waals surface area contributed by atoms with Crippen LogP contribution >= 0.6 is 0 Å². The van der Waals surface area contributed by atoms with Crippen molar-refractivity contribution in [1.29, 1.82) is 0 Å². The second-order valence-corrected chi connectivity index (χ2v) is 5.36. The minimum atomic E-state index is -1.40. The molecule has 8 nitrogen and oxygen atoms in total. The summed E-state index contributed by atoms with van der Waals surface area (Å²) >= 11 is 0. The number of aliphatic carboxylic acids is 1. The second-order valence-electron chi connectivity index (χ2n) is 5.36. The third-order valence-corrected chi connectivity index (χ3v) is 2.27. The van der Waals surface area contributed by atoms with Gasteiger partial charge in [0.05, 0.1) is 6.42 Å². The molecule has 1 aliphatic heterocycles. The van der Waals surface area contributed by atoms with Crippen LogP contribution in [0.3, 0.4) is 0 Å². The fourth-order valence-corrected chi connectivity index (χ4v) is 1.47. The molecule has 2 N–H and O–H groups in total. The summed E-state index contributed by atoms with van der Waals surface area (Å²) < 4.78 is 14.9. The number of carboxylic acid groups (broad SMARTS) is 1. The molecule has 0 saturated carbocycles. The van der Waals surface area contributed by atoms with E-state index in [2.05, 4.69) is 5.32 Å². The molecule has 1 amide bonds. The molecule has 0 aromatic carbocycles. The Balaban J connectivity index is 2.61. The zero-order valence-corrected chi connectivity index (χ0v) is 12.2. The Hall–Kier alpha value is -2.25. The monoisotopic (exact) mass is 301 g/mol. The first-order valence-corrected chi connectivity index (χ1v) is 6.39. The van der Waals surface area contributed by atoms with Crippen LogP contribution in [0.4, 0.5) is 0 Å². The van der Waals surface area contributed by atoms with Crippen LogP contribution in [0, 0.1) is 0 Å². The number of rotatable bonds is 5. The zero-order chi connectivity index (χ0) is 16.0. The van der Waals surface area contributed by atoms with Gasteiger partial charge < -0.3 is 24.6 Å². The van der Waals surface area contributed by atoms with Crippen molar-refractivity contribution in [2.24, 2.45) is 0 Å². The molecule has 0 bridgehead atoms. The fraction of sp³-hybridized carbons (Fsp3) is 0.615. The van der Waals surface area contributed by atoms with Crippen molar-refractivity contribution >= 4 is 17.8 Å². The van der Waals surface area contributed by atoms with E-state index in [0.717, 1.165) is 6.26 Å². The lowest BCUT2D eigenvalue weighted by atomic mass is 10.1.